The van der Waals surface area contributed by atoms with Crippen LogP contribution in [0.5, 0.6) is 0 Å². The van der Waals surface area contributed by atoms with Crippen molar-refractivity contribution in [3.63, 3.8) is 0 Å². The van der Waals surface area contributed by atoms with Crippen LogP contribution < -0.4 is 0 Å². The van der Waals surface area contributed by atoms with Crippen LogP contribution in [0.1, 0.15) is 83.0 Å². The fourth-order valence-corrected chi connectivity index (χ4v) is 11.5. The minimum Gasteiger partial charge on any atom is -0.384 e. The van der Waals surface area contributed by atoms with Crippen molar-refractivity contribution in [3.8, 4) is 0 Å². The van der Waals surface area contributed by atoms with Crippen molar-refractivity contribution in [1.82, 2.24) is 19.8 Å². The third-order valence-corrected chi connectivity index (χ3v) is 15.4. The molecule has 0 aliphatic carbocycles. The molecule has 2 N–H and O–H groups in total. The Balaban J connectivity index is 0.000000182. The number of hydrogen-bond donors (Lipinski definition) is 2. The third kappa shape index (κ3) is 11.0. The summed E-state index contributed by atoms with van der Waals surface area (Å²) in [5.74, 6) is -0.620. The quantitative estimate of drug-likeness (QED) is 0.0940. The molecular formula is C66H66Cl2N4O2. The second kappa shape index (κ2) is 23.0. The minimum atomic E-state index is -1.17. The summed E-state index contributed by atoms with van der Waals surface area (Å²) in [5, 5.41) is 33.4. The van der Waals surface area contributed by atoms with Crippen molar-refractivity contribution >= 4 is 66.6 Å². The van der Waals surface area contributed by atoms with Gasteiger partial charge in [-0.15, -0.1) is 0 Å². The van der Waals surface area contributed by atoms with Crippen LogP contribution in [0.3, 0.4) is 0 Å². The van der Waals surface area contributed by atoms with Gasteiger partial charge in [0, 0.05) is 35.7 Å². The first kappa shape index (κ1) is 52.4. The molecule has 0 saturated heterocycles. The van der Waals surface area contributed by atoms with Crippen LogP contribution in [0.4, 0.5) is 0 Å². The zero-order valence-electron chi connectivity index (χ0n) is 43.3. The Morgan fingerprint density at radius 1 is 0.419 bits per heavy atom. The normalized spacial score (nSPS) is 14.2. The van der Waals surface area contributed by atoms with E-state index in [-0.39, 0.29) is 11.8 Å². The molecule has 8 aromatic carbocycles. The summed E-state index contributed by atoms with van der Waals surface area (Å²) >= 11 is 13.0. The Bertz CT molecular complexity index is 3290. The summed E-state index contributed by atoms with van der Waals surface area (Å²) in [5.41, 5.74) is 7.45. The zero-order chi connectivity index (χ0) is 52.0. The zero-order valence-corrected chi connectivity index (χ0v) is 44.8. The monoisotopic (exact) mass is 1020 g/mol. The van der Waals surface area contributed by atoms with Crippen LogP contribution in [0.25, 0.3) is 43.4 Å². The number of aliphatic hydroxyl groups is 2. The highest BCUT2D eigenvalue weighted by atomic mass is 35.5. The lowest BCUT2D eigenvalue weighted by Gasteiger charge is -2.39. The van der Waals surface area contributed by atoms with Crippen LogP contribution in [0, 0.1) is 0 Å². The number of rotatable bonds is 16. The van der Waals surface area contributed by atoms with Gasteiger partial charge in [-0.05, 0) is 144 Å². The largest absolute Gasteiger partial charge is 0.384 e. The van der Waals surface area contributed by atoms with Gasteiger partial charge in [0.1, 0.15) is 21.5 Å². The number of aryl methyl sites for hydroxylation is 2. The molecule has 10 rings (SSSR count). The molecule has 8 heteroatoms. The highest BCUT2D eigenvalue weighted by Gasteiger charge is 2.43. The topological polar surface area (TPSA) is 72.7 Å². The molecule has 0 saturated carbocycles. The summed E-state index contributed by atoms with van der Waals surface area (Å²) in [7, 11) is 8.20. The van der Waals surface area contributed by atoms with Crippen molar-refractivity contribution in [1.29, 1.82) is 0 Å². The Morgan fingerprint density at radius 3 is 1.16 bits per heavy atom. The minimum absolute atomic E-state index is 0.310. The molecule has 0 spiro atoms. The van der Waals surface area contributed by atoms with Gasteiger partial charge < -0.3 is 20.0 Å². The summed E-state index contributed by atoms with van der Waals surface area (Å²) < 4.78 is 0. The molecule has 0 fully saturated rings. The van der Waals surface area contributed by atoms with Crippen molar-refractivity contribution < 1.29 is 10.2 Å². The summed E-state index contributed by atoms with van der Waals surface area (Å²) in [6.07, 6.45) is 2.80. The first-order valence-corrected chi connectivity index (χ1v) is 26.6. The lowest BCUT2D eigenvalue weighted by molar-refractivity contribution is 0.00558. The number of fused-ring (bicyclic) bond motifs is 4. The van der Waals surface area contributed by atoms with E-state index in [2.05, 4.69) is 145 Å². The molecule has 74 heavy (non-hydrogen) atoms. The fourth-order valence-electron chi connectivity index (χ4n) is 10.9. The molecule has 2 heterocycles. The van der Waals surface area contributed by atoms with Gasteiger partial charge >= 0.3 is 0 Å². The van der Waals surface area contributed by atoms with E-state index in [0.29, 0.717) is 23.1 Å². The predicted molar refractivity (Wildman–Crippen MR) is 311 cm³/mol. The molecule has 0 radical (unpaired) electrons. The molecule has 10 aromatic rings. The molecule has 6 nitrogen and oxygen atoms in total. The van der Waals surface area contributed by atoms with Gasteiger partial charge in [0.15, 0.2) is 0 Å². The van der Waals surface area contributed by atoms with E-state index in [1.807, 2.05) is 101 Å². The molecule has 4 atom stereocenters. The van der Waals surface area contributed by atoms with E-state index in [9.17, 15) is 10.2 Å². The molecular weight excluding hydrogens is 952 g/mol. The number of nitrogens with zero attached hydrogens (tertiary/aromatic N) is 4. The summed E-state index contributed by atoms with van der Waals surface area (Å²) in [6.45, 7) is 5.65. The van der Waals surface area contributed by atoms with Crippen molar-refractivity contribution in [3.05, 3.63) is 249 Å². The van der Waals surface area contributed by atoms with Crippen molar-refractivity contribution in [2.45, 2.75) is 62.6 Å². The number of pyridine rings is 2. The third-order valence-electron chi connectivity index (χ3n) is 14.8. The molecule has 0 unspecified atom stereocenters. The Kier molecular flexibility index (Phi) is 16.3. The van der Waals surface area contributed by atoms with Crippen molar-refractivity contribution in [2.24, 2.45) is 0 Å². The van der Waals surface area contributed by atoms with E-state index in [0.717, 1.165) is 114 Å². The van der Waals surface area contributed by atoms with Crippen LogP contribution in [-0.4, -0.2) is 71.3 Å². The smallest absolute Gasteiger partial charge is 0.132 e. The molecule has 0 amide bonds. The molecule has 0 aliphatic rings. The maximum Gasteiger partial charge on any atom is 0.132 e. The molecule has 376 valence electrons. The standard InChI is InChI=1S/2C33H33ClN2O/c2*1-4-23-21-26-17-18-27(22-30(26)35-32(23)34)31(25-12-6-5-7-13-25)33(37,19-20-36(2)3)29-16-10-14-24-11-8-9-15-28(24)29/h2*5-18,21-22,31,37H,4,19-20H2,1-3H3/t31-,33+;31-,33-/m00/s1. The Labute approximate surface area is 446 Å². The van der Waals surface area contributed by atoms with Gasteiger partial charge in [0.2, 0.25) is 0 Å². The van der Waals surface area contributed by atoms with Crippen LogP contribution in [0.2, 0.25) is 10.3 Å². The fraction of sp³-hybridized carbons (Fsp3) is 0.242. The Hall–Kier alpha value is -6.48. The average Bonchev–Trinajstić information content (AvgIpc) is 3.42. The first-order valence-electron chi connectivity index (χ1n) is 25.8. The highest BCUT2D eigenvalue weighted by Crippen LogP contribution is 2.49. The number of aromatic nitrogens is 2. The van der Waals surface area contributed by atoms with Gasteiger partial charge in [-0.3, -0.25) is 0 Å². The first-order chi connectivity index (χ1) is 35.8. The van der Waals surface area contributed by atoms with Crippen LogP contribution in [0.15, 0.2) is 194 Å². The SMILES string of the molecule is CCc1cc2ccc([C@H](c3ccccc3)[C@@](O)(CCN(C)C)c3cccc4ccccc34)cc2nc1Cl.CCc1cc2ccc([C@H](c3ccccc3)[C@](O)(CCN(C)C)c3cccc4ccccc34)cc2nc1Cl. The second-order valence-electron chi connectivity index (χ2n) is 20.2. The summed E-state index contributed by atoms with van der Waals surface area (Å²) in [4.78, 5) is 13.7. The van der Waals surface area contributed by atoms with Crippen LogP contribution >= 0.6 is 23.2 Å². The van der Waals surface area contributed by atoms with Crippen molar-refractivity contribution in [2.75, 3.05) is 41.3 Å². The van der Waals surface area contributed by atoms with Gasteiger partial charge in [0.25, 0.3) is 0 Å². The van der Waals surface area contributed by atoms with Gasteiger partial charge in [-0.2, -0.15) is 0 Å². The number of halogens is 2. The van der Waals surface area contributed by atoms with E-state index < -0.39 is 11.2 Å². The van der Waals surface area contributed by atoms with E-state index in [4.69, 9.17) is 33.2 Å². The number of benzene rings is 8. The average molecular weight is 1020 g/mol. The maximum absolute atomic E-state index is 12.9. The Morgan fingerprint density at radius 2 is 0.784 bits per heavy atom. The van der Waals surface area contributed by atoms with E-state index in [1.165, 1.54) is 0 Å². The number of hydrogen-bond acceptors (Lipinski definition) is 6. The van der Waals surface area contributed by atoms with E-state index >= 15 is 0 Å². The van der Waals surface area contributed by atoms with Gasteiger partial charge in [0.05, 0.1) is 11.0 Å². The van der Waals surface area contributed by atoms with Crippen LogP contribution in [-0.2, 0) is 24.0 Å². The lowest BCUT2D eigenvalue weighted by Crippen LogP contribution is -2.37. The molecule has 0 bridgehead atoms. The van der Waals surface area contributed by atoms with Gasteiger partial charge in [-0.1, -0.05) is 207 Å². The predicted octanol–water partition coefficient (Wildman–Crippen LogP) is 15.2. The lowest BCUT2D eigenvalue weighted by atomic mass is 9.70. The molecule has 0 aliphatic heterocycles. The maximum atomic E-state index is 12.9. The highest BCUT2D eigenvalue weighted by molar-refractivity contribution is 6.31. The molecule has 2 aromatic heterocycles. The van der Waals surface area contributed by atoms with Gasteiger partial charge in [-0.25, -0.2) is 9.97 Å². The second-order valence-corrected chi connectivity index (χ2v) is 20.9. The summed E-state index contributed by atoms with van der Waals surface area (Å²) in [6, 6.07) is 66.7. The van der Waals surface area contributed by atoms with E-state index in [1.54, 1.807) is 0 Å².